The van der Waals surface area contributed by atoms with Crippen LogP contribution in [-0.4, -0.2) is 64.2 Å². The first-order chi connectivity index (χ1) is 17.2. The van der Waals surface area contributed by atoms with Crippen LogP contribution in [0.4, 0.5) is 0 Å². The van der Waals surface area contributed by atoms with Gasteiger partial charge in [-0.2, -0.15) is 0 Å². The number of hydrogen-bond acceptors (Lipinski definition) is 7. The van der Waals surface area contributed by atoms with Crippen molar-refractivity contribution >= 4 is 17.5 Å². The number of carbonyl (C=O) groups is 3. The number of carbonyl (C=O) groups excluding carboxylic acids is 3. The van der Waals surface area contributed by atoms with Gasteiger partial charge in [-0.3, -0.25) is 14.4 Å². The van der Waals surface area contributed by atoms with E-state index < -0.39 is 17.5 Å². The Hall–Kier alpha value is -2.81. The minimum absolute atomic E-state index is 0.0686. The molecule has 0 unspecified atom stereocenters. The Morgan fingerprint density at radius 1 is 0.806 bits per heavy atom. The largest absolute Gasteiger partial charge is 0.487 e. The summed E-state index contributed by atoms with van der Waals surface area (Å²) in [7, 11) is 1.60. The van der Waals surface area contributed by atoms with Crippen molar-refractivity contribution in [3.8, 4) is 0 Å². The molecule has 0 aromatic carbocycles. The SMILES string of the molecule is COCCOCCOCCOC1=CC(=O)C(NC(=O)C=C(C)CCC=C(C)CCC=C(C)C)=CC1=O. The summed E-state index contributed by atoms with van der Waals surface area (Å²) in [6.45, 7) is 10.4. The summed E-state index contributed by atoms with van der Waals surface area (Å²) >= 11 is 0. The van der Waals surface area contributed by atoms with Gasteiger partial charge in [-0.05, 0) is 53.4 Å². The Morgan fingerprint density at radius 2 is 1.42 bits per heavy atom. The lowest BCUT2D eigenvalue weighted by Crippen LogP contribution is -2.29. The Bertz CT molecular complexity index is 890. The Morgan fingerprint density at radius 3 is 2.08 bits per heavy atom. The average molecular weight is 504 g/mol. The van der Waals surface area contributed by atoms with Gasteiger partial charge < -0.3 is 24.3 Å². The number of hydrogen-bond donors (Lipinski definition) is 1. The molecule has 1 rings (SSSR count). The fourth-order valence-electron chi connectivity index (χ4n) is 3.13. The van der Waals surface area contributed by atoms with Crippen LogP contribution < -0.4 is 5.32 Å². The number of methoxy groups -OCH3 is 1. The van der Waals surface area contributed by atoms with E-state index in [9.17, 15) is 14.4 Å². The van der Waals surface area contributed by atoms with E-state index in [2.05, 4.69) is 38.2 Å². The van der Waals surface area contributed by atoms with Crippen molar-refractivity contribution in [1.82, 2.24) is 5.32 Å². The lowest BCUT2D eigenvalue weighted by Gasteiger charge is -2.14. The minimum Gasteiger partial charge on any atom is -0.487 e. The van der Waals surface area contributed by atoms with E-state index in [0.717, 1.165) is 43.4 Å². The predicted octanol–water partition coefficient (Wildman–Crippen LogP) is 4.14. The number of rotatable bonds is 18. The smallest absolute Gasteiger partial charge is 0.248 e. The molecule has 0 spiro atoms. The summed E-state index contributed by atoms with van der Waals surface area (Å²) in [6.07, 6.45) is 11.7. The fourth-order valence-corrected chi connectivity index (χ4v) is 3.13. The number of allylic oxidation sites excluding steroid dienone is 7. The molecular weight excluding hydrogens is 462 g/mol. The highest BCUT2D eigenvalue weighted by molar-refractivity contribution is 6.20. The lowest BCUT2D eigenvalue weighted by molar-refractivity contribution is -0.120. The average Bonchev–Trinajstić information content (AvgIpc) is 2.80. The van der Waals surface area contributed by atoms with Crippen molar-refractivity contribution in [1.29, 1.82) is 0 Å². The van der Waals surface area contributed by atoms with Crippen LogP contribution in [0.2, 0.25) is 0 Å². The maximum Gasteiger partial charge on any atom is 0.248 e. The Balaban J connectivity index is 2.38. The summed E-state index contributed by atoms with van der Waals surface area (Å²) in [6, 6.07) is 0. The maximum atomic E-state index is 12.3. The molecule has 0 saturated carbocycles. The first-order valence-corrected chi connectivity index (χ1v) is 12.3. The molecular formula is C28H41NO7. The zero-order valence-electron chi connectivity index (χ0n) is 22.3. The highest BCUT2D eigenvalue weighted by Gasteiger charge is 2.22. The third-order valence-corrected chi connectivity index (χ3v) is 5.09. The zero-order valence-corrected chi connectivity index (χ0v) is 22.3. The Kier molecular flexibility index (Phi) is 16.0. The molecule has 0 aliphatic heterocycles. The Labute approximate surface area is 215 Å². The second-order valence-corrected chi connectivity index (χ2v) is 8.75. The van der Waals surface area contributed by atoms with Crippen LogP contribution in [-0.2, 0) is 33.3 Å². The van der Waals surface area contributed by atoms with Crippen LogP contribution in [0.25, 0.3) is 0 Å². The van der Waals surface area contributed by atoms with Gasteiger partial charge in [0, 0.05) is 25.3 Å². The summed E-state index contributed by atoms with van der Waals surface area (Å²) in [5.41, 5.74) is 3.46. The predicted molar refractivity (Wildman–Crippen MR) is 139 cm³/mol. The third-order valence-electron chi connectivity index (χ3n) is 5.09. The molecule has 8 nitrogen and oxygen atoms in total. The van der Waals surface area contributed by atoms with Gasteiger partial charge >= 0.3 is 0 Å². The van der Waals surface area contributed by atoms with E-state index in [0.29, 0.717) is 26.4 Å². The summed E-state index contributed by atoms with van der Waals surface area (Å²) in [5, 5.41) is 2.50. The van der Waals surface area contributed by atoms with Crippen molar-refractivity contribution < 1.29 is 33.3 Å². The van der Waals surface area contributed by atoms with Crippen LogP contribution in [0.1, 0.15) is 53.4 Å². The van der Waals surface area contributed by atoms with E-state index in [1.54, 1.807) is 7.11 Å². The maximum absolute atomic E-state index is 12.3. The molecule has 0 atom stereocenters. The fraction of sp³-hybridized carbons (Fsp3) is 0.536. The number of amides is 1. The van der Waals surface area contributed by atoms with Crippen molar-refractivity contribution in [3.05, 3.63) is 58.6 Å². The van der Waals surface area contributed by atoms with Crippen molar-refractivity contribution in [3.63, 3.8) is 0 Å². The first kappa shape index (κ1) is 31.2. The van der Waals surface area contributed by atoms with Crippen LogP contribution in [0, 0.1) is 0 Å². The van der Waals surface area contributed by atoms with E-state index in [1.165, 1.54) is 17.2 Å². The molecule has 36 heavy (non-hydrogen) atoms. The monoisotopic (exact) mass is 503 g/mol. The number of ether oxygens (including phenoxy) is 4. The highest BCUT2D eigenvalue weighted by atomic mass is 16.6. The second-order valence-electron chi connectivity index (χ2n) is 8.75. The molecule has 0 heterocycles. The molecule has 8 heteroatoms. The quantitative estimate of drug-likeness (QED) is 0.130. The van der Waals surface area contributed by atoms with Gasteiger partial charge in [-0.15, -0.1) is 0 Å². The van der Waals surface area contributed by atoms with Crippen molar-refractivity contribution in [2.45, 2.75) is 53.4 Å². The molecule has 1 amide bonds. The van der Waals surface area contributed by atoms with Gasteiger partial charge in [-0.1, -0.05) is 28.9 Å². The number of nitrogens with one attached hydrogen (secondary N) is 1. The summed E-state index contributed by atoms with van der Waals surface area (Å²) in [4.78, 5) is 36.9. The second kappa shape index (κ2) is 18.5. The number of ketones is 2. The minimum atomic E-state index is -0.494. The van der Waals surface area contributed by atoms with Gasteiger partial charge in [0.2, 0.25) is 17.5 Å². The van der Waals surface area contributed by atoms with Gasteiger partial charge in [0.25, 0.3) is 0 Å². The van der Waals surface area contributed by atoms with Crippen LogP contribution in [0.3, 0.4) is 0 Å². The van der Waals surface area contributed by atoms with Crippen LogP contribution in [0.15, 0.2) is 58.6 Å². The van der Waals surface area contributed by atoms with Crippen LogP contribution >= 0.6 is 0 Å². The highest BCUT2D eigenvalue weighted by Crippen LogP contribution is 2.13. The first-order valence-electron chi connectivity index (χ1n) is 12.3. The van der Waals surface area contributed by atoms with Crippen LogP contribution in [0.5, 0.6) is 0 Å². The lowest BCUT2D eigenvalue weighted by atomic mass is 10.1. The third kappa shape index (κ3) is 14.6. The van der Waals surface area contributed by atoms with E-state index in [4.69, 9.17) is 18.9 Å². The molecule has 1 aliphatic rings. The normalized spacial score (nSPS) is 14.4. The van der Waals surface area contributed by atoms with E-state index in [-0.39, 0.29) is 24.7 Å². The molecule has 0 aromatic rings. The molecule has 0 radical (unpaired) electrons. The molecule has 200 valence electrons. The molecule has 1 N–H and O–H groups in total. The van der Waals surface area contributed by atoms with E-state index in [1.807, 2.05) is 6.92 Å². The van der Waals surface area contributed by atoms with Gasteiger partial charge in [-0.25, -0.2) is 0 Å². The molecule has 0 bridgehead atoms. The summed E-state index contributed by atoms with van der Waals surface area (Å²) in [5.74, 6) is -1.49. The molecule has 0 fully saturated rings. The van der Waals surface area contributed by atoms with E-state index >= 15 is 0 Å². The van der Waals surface area contributed by atoms with Gasteiger partial charge in [0.05, 0.1) is 38.7 Å². The van der Waals surface area contributed by atoms with Gasteiger partial charge in [0.1, 0.15) is 6.61 Å². The zero-order chi connectivity index (χ0) is 26.8. The molecule has 1 aliphatic carbocycles. The summed E-state index contributed by atoms with van der Waals surface area (Å²) < 4.78 is 20.8. The van der Waals surface area contributed by atoms with Gasteiger partial charge in [0.15, 0.2) is 5.76 Å². The molecule has 0 aromatic heterocycles. The standard InChI is InChI=1S/C28H41NO7/c1-21(2)8-6-9-22(3)10-7-11-23(4)18-28(32)29-24-19-26(31)27(20-25(24)30)36-17-16-35-15-14-34-13-12-33-5/h8,10,18-20H,6-7,9,11-17H2,1-5H3,(H,29,32). The topological polar surface area (TPSA) is 100 Å². The van der Waals surface area contributed by atoms with Crippen molar-refractivity contribution in [2.75, 3.05) is 46.8 Å². The molecule has 0 saturated heterocycles. The van der Waals surface area contributed by atoms with Crippen molar-refractivity contribution in [2.24, 2.45) is 0 Å².